The molecule has 2 aromatic rings. The Balaban J connectivity index is 2.06. The largest absolute Gasteiger partial charge is 0.459 e. The van der Waals surface area contributed by atoms with Gasteiger partial charge in [0.25, 0.3) is 0 Å². The van der Waals surface area contributed by atoms with E-state index in [1.807, 2.05) is 66.5 Å². The van der Waals surface area contributed by atoms with Gasteiger partial charge in [-0.05, 0) is 31.9 Å². The molecule has 0 saturated carbocycles. The summed E-state index contributed by atoms with van der Waals surface area (Å²) in [7, 11) is 1.91. The average molecular weight is 371 g/mol. The van der Waals surface area contributed by atoms with Gasteiger partial charge in [-0.1, -0.05) is 30.3 Å². The van der Waals surface area contributed by atoms with Crippen LogP contribution in [-0.4, -0.2) is 23.7 Å². The molecule has 0 spiro atoms. The minimum absolute atomic E-state index is 0.149. The number of aromatic nitrogens is 1. The third-order valence-electron chi connectivity index (χ3n) is 3.69. The standard InChI is InChI=1S/C21H26N2O4/c1-21(2,3)27-20(25)22-18(14-16-10-12-23(4)13-11-16)19(24)26-15-17-8-6-5-7-9-17/h5-13,18H,14-15H2,1-4H3/p+1. The molecule has 0 bridgehead atoms. The summed E-state index contributed by atoms with van der Waals surface area (Å²) in [6, 6.07) is 12.4. The van der Waals surface area contributed by atoms with Crippen LogP contribution in [0.2, 0.25) is 0 Å². The van der Waals surface area contributed by atoms with E-state index in [0.717, 1.165) is 11.1 Å². The van der Waals surface area contributed by atoms with Crippen LogP contribution in [0.15, 0.2) is 54.9 Å². The highest BCUT2D eigenvalue weighted by Crippen LogP contribution is 2.10. The zero-order chi connectivity index (χ0) is 19.9. The molecule has 0 fully saturated rings. The molecule has 6 heteroatoms. The van der Waals surface area contributed by atoms with Gasteiger partial charge in [-0.15, -0.1) is 0 Å². The number of hydrogen-bond donors (Lipinski definition) is 1. The van der Waals surface area contributed by atoms with Crippen molar-refractivity contribution in [1.82, 2.24) is 5.32 Å². The van der Waals surface area contributed by atoms with Crippen LogP contribution in [0, 0.1) is 0 Å². The first-order chi connectivity index (χ1) is 12.7. The first kappa shape index (κ1) is 20.4. The van der Waals surface area contributed by atoms with Gasteiger partial charge in [-0.3, -0.25) is 0 Å². The molecule has 0 aliphatic rings. The molecule has 1 N–H and O–H groups in total. The predicted octanol–water partition coefficient (Wildman–Crippen LogP) is 2.69. The number of rotatable bonds is 6. The topological polar surface area (TPSA) is 68.5 Å². The molecule has 144 valence electrons. The maximum Gasteiger partial charge on any atom is 0.408 e. The van der Waals surface area contributed by atoms with Crippen molar-refractivity contribution in [1.29, 1.82) is 0 Å². The SMILES string of the molecule is C[n+]1ccc(CC(NC(=O)OC(C)(C)C)C(=O)OCc2ccccc2)cc1. The number of esters is 1. The van der Waals surface area contributed by atoms with Crippen LogP contribution >= 0.6 is 0 Å². The molecule has 27 heavy (non-hydrogen) atoms. The molecule has 0 aliphatic heterocycles. The van der Waals surface area contributed by atoms with E-state index in [1.165, 1.54) is 0 Å². The van der Waals surface area contributed by atoms with Crippen LogP contribution in [0.25, 0.3) is 0 Å². The molecule has 1 aromatic heterocycles. The van der Waals surface area contributed by atoms with Gasteiger partial charge in [0, 0.05) is 18.6 Å². The van der Waals surface area contributed by atoms with Gasteiger partial charge in [0.2, 0.25) is 0 Å². The number of alkyl carbamates (subject to hydrolysis) is 1. The Kier molecular flexibility index (Phi) is 6.93. The smallest absolute Gasteiger partial charge is 0.408 e. The van der Waals surface area contributed by atoms with Gasteiger partial charge in [0.15, 0.2) is 12.4 Å². The highest BCUT2D eigenvalue weighted by atomic mass is 16.6. The van der Waals surface area contributed by atoms with Crippen molar-refractivity contribution >= 4 is 12.1 Å². The summed E-state index contributed by atoms with van der Waals surface area (Å²) in [5.74, 6) is -0.502. The van der Waals surface area contributed by atoms with Crippen LogP contribution < -0.4 is 9.88 Å². The van der Waals surface area contributed by atoms with E-state index in [0.29, 0.717) is 6.42 Å². The number of aryl methyl sites for hydroxylation is 1. The van der Waals surface area contributed by atoms with Gasteiger partial charge in [-0.25, -0.2) is 14.2 Å². The number of amides is 1. The predicted molar refractivity (Wildman–Crippen MR) is 101 cm³/mol. The van der Waals surface area contributed by atoms with E-state index in [1.54, 1.807) is 20.8 Å². The number of carbonyl (C=O) groups is 2. The maximum atomic E-state index is 12.6. The average Bonchev–Trinajstić information content (AvgIpc) is 2.60. The molecule has 1 amide bonds. The molecular formula is C21H27N2O4+. The molecule has 0 saturated heterocycles. The van der Waals surface area contributed by atoms with Crippen molar-refractivity contribution in [3.8, 4) is 0 Å². The third-order valence-corrected chi connectivity index (χ3v) is 3.69. The second-order valence-electron chi connectivity index (χ2n) is 7.37. The van der Waals surface area contributed by atoms with Crippen LogP contribution in [0.3, 0.4) is 0 Å². The van der Waals surface area contributed by atoms with Gasteiger partial charge in [0.1, 0.15) is 25.3 Å². The number of hydrogen-bond acceptors (Lipinski definition) is 4. The van der Waals surface area contributed by atoms with E-state index in [-0.39, 0.29) is 6.61 Å². The van der Waals surface area contributed by atoms with E-state index < -0.39 is 23.7 Å². The van der Waals surface area contributed by atoms with Crippen molar-refractivity contribution in [2.45, 2.75) is 45.4 Å². The highest BCUT2D eigenvalue weighted by Gasteiger charge is 2.26. The van der Waals surface area contributed by atoms with Crippen LogP contribution in [0.4, 0.5) is 4.79 Å². The second kappa shape index (κ2) is 9.16. The summed E-state index contributed by atoms with van der Waals surface area (Å²) in [4.78, 5) is 24.7. The summed E-state index contributed by atoms with van der Waals surface area (Å²) in [6.07, 6.45) is 3.43. The Morgan fingerprint density at radius 2 is 1.67 bits per heavy atom. The van der Waals surface area contributed by atoms with Crippen LogP contribution in [0.5, 0.6) is 0 Å². The maximum absolute atomic E-state index is 12.6. The van der Waals surface area contributed by atoms with Crippen molar-refractivity contribution in [3.05, 3.63) is 66.0 Å². The Bertz CT molecular complexity index is 752. The number of nitrogens with one attached hydrogen (secondary N) is 1. The first-order valence-electron chi connectivity index (χ1n) is 8.87. The molecule has 2 rings (SSSR count). The second-order valence-corrected chi connectivity index (χ2v) is 7.37. The lowest BCUT2D eigenvalue weighted by atomic mass is 10.1. The summed E-state index contributed by atoms with van der Waals surface area (Å²) < 4.78 is 12.6. The van der Waals surface area contributed by atoms with Crippen molar-refractivity contribution < 1.29 is 23.6 Å². The van der Waals surface area contributed by atoms with E-state index in [9.17, 15) is 9.59 Å². The van der Waals surface area contributed by atoms with Crippen molar-refractivity contribution in [2.24, 2.45) is 7.05 Å². The van der Waals surface area contributed by atoms with Gasteiger partial charge in [0.05, 0.1) is 0 Å². The summed E-state index contributed by atoms with van der Waals surface area (Å²) >= 11 is 0. The molecular weight excluding hydrogens is 344 g/mol. The third kappa shape index (κ3) is 7.48. The minimum atomic E-state index is -0.837. The lowest BCUT2D eigenvalue weighted by molar-refractivity contribution is -0.671. The van der Waals surface area contributed by atoms with Gasteiger partial charge >= 0.3 is 12.1 Å². The fourth-order valence-corrected chi connectivity index (χ4v) is 2.38. The van der Waals surface area contributed by atoms with E-state index in [4.69, 9.17) is 9.47 Å². The zero-order valence-corrected chi connectivity index (χ0v) is 16.3. The fraction of sp³-hybridized carbons (Fsp3) is 0.381. The van der Waals surface area contributed by atoms with E-state index in [2.05, 4.69) is 5.32 Å². The number of benzene rings is 1. The molecule has 1 aromatic carbocycles. The monoisotopic (exact) mass is 371 g/mol. The van der Waals surface area contributed by atoms with Crippen molar-refractivity contribution in [2.75, 3.05) is 0 Å². The molecule has 1 unspecified atom stereocenters. The highest BCUT2D eigenvalue weighted by molar-refractivity contribution is 5.81. The summed E-state index contributed by atoms with van der Waals surface area (Å²) in [5.41, 5.74) is 1.14. The van der Waals surface area contributed by atoms with E-state index >= 15 is 0 Å². The van der Waals surface area contributed by atoms with Crippen LogP contribution in [-0.2, 0) is 34.3 Å². The van der Waals surface area contributed by atoms with Crippen LogP contribution in [0.1, 0.15) is 31.9 Å². The number of ether oxygens (including phenoxy) is 2. The van der Waals surface area contributed by atoms with Gasteiger partial charge in [-0.2, -0.15) is 0 Å². The molecule has 0 radical (unpaired) electrons. The zero-order valence-electron chi connectivity index (χ0n) is 16.3. The Morgan fingerprint density at radius 1 is 1.04 bits per heavy atom. The summed E-state index contributed by atoms with van der Waals surface area (Å²) in [5, 5.41) is 2.63. The first-order valence-corrected chi connectivity index (χ1v) is 8.87. The summed E-state index contributed by atoms with van der Waals surface area (Å²) in [6.45, 7) is 5.46. The normalized spacial score (nSPS) is 12.1. The number of carbonyl (C=O) groups excluding carboxylic acids is 2. The Hall–Kier alpha value is -2.89. The van der Waals surface area contributed by atoms with Crippen molar-refractivity contribution in [3.63, 3.8) is 0 Å². The lowest BCUT2D eigenvalue weighted by Gasteiger charge is -2.23. The Morgan fingerprint density at radius 3 is 2.26 bits per heavy atom. The number of pyridine rings is 1. The number of nitrogens with zero attached hydrogens (tertiary/aromatic N) is 1. The molecule has 0 aliphatic carbocycles. The molecule has 1 heterocycles. The molecule has 6 nitrogen and oxygen atoms in total. The quantitative estimate of drug-likeness (QED) is 0.626. The minimum Gasteiger partial charge on any atom is -0.459 e. The lowest BCUT2D eigenvalue weighted by Crippen LogP contribution is -2.45. The fourth-order valence-electron chi connectivity index (χ4n) is 2.38. The Labute approximate surface area is 160 Å². The molecule has 1 atom stereocenters. The van der Waals surface area contributed by atoms with Gasteiger partial charge < -0.3 is 14.8 Å².